The fourth-order valence-electron chi connectivity index (χ4n) is 2.08. The Kier molecular flexibility index (Phi) is 3.44. The number of nitrogens with one attached hydrogen (secondary N) is 1. The topological polar surface area (TPSA) is 21.3 Å². The van der Waals surface area contributed by atoms with Crippen LogP contribution in [0.15, 0.2) is 18.2 Å². The summed E-state index contributed by atoms with van der Waals surface area (Å²) in [6.45, 7) is 2.99. The van der Waals surface area contributed by atoms with Crippen molar-refractivity contribution in [2.24, 2.45) is 5.92 Å². The number of rotatable bonds is 5. The molecule has 88 valence electrons. The normalized spacial score (nSPS) is 17.2. The van der Waals surface area contributed by atoms with E-state index < -0.39 is 0 Å². The Morgan fingerprint density at radius 1 is 1.50 bits per heavy atom. The summed E-state index contributed by atoms with van der Waals surface area (Å²) in [6, 6.07) is 5.54. The summed E-state index contributed by atoms with van der Waals surface area (Å²) in [6.07, 6.45) is 2.48. The van der Waals surface area contributed by atoms with Crippen molar-refractivity contribution >= 4 is 0 Å². The number of methoxy groups -OCH3 is 1. The van der Waals surface area contributed by atoms with E-state index in [1.54, 1.807) is 12.1 Å². The highest BCUT2D eigenvalue weighted by Crippen LogP contribution is 2.41. The molecule has 0 aliphatic heterocycles. The first-order valence-electron chi connectivity index (χ1n) is 5.83. The fourth-order valence-corrected chi connectivity index (χ4v) is 2.08. The lowest BCUT2D eigenvalue weighted by Crippen LogP contribution is -2.22. The van der Waals surface area contributed by atoms with Crippen molar-refractivity contribution in [1.82, 2.24) is 5.32 Å². The minimum absolute atomic E-state index is 0.274. The molecule has 0 spiro atoms. The summed E-state index contributed by atoms with van der Waals surface area (Å²) < 4.78 is 18.5. The monoisotopic (exact) mass is 223 g/mol. The highest BCUT2D eigenvalue weighted by atomic mass is 19.1. The third-order valence-electron chi connectivity index (χ3n) is 3.05. The van der Waals surface area contributed by atoms with Crippen LogP contribution in [0.2, 0.25) is 0 Å². The smallest absolute Gasteiger partial charge is 0.165 e. The highest BCUT2D eigenvalue weighted by Gasteiger charge is 2.31. The summed E-state index contributed by atoms with van der Waals surface area (Å²) in [5.41, 5.74) is 1.03. The van der Waals surface area contributed by atoms with E-state index in [1.807, 2.05) is 6.07 Å². The van der Waals surface area contributed by atoms with Crippen LogP contribution in [0.25, 0.3) is 0 Å². The van der Waals surface area contributed by atoms with Crippen molar-refractivity contribution in [1.29, 1.82) is 0 Å². The minimum Gasteiger partial charge on any atom is -0.494 e. The van der Waals surface area contributed by atoms with E-state index in [1.165, 1.54) is 20.0 Å². The average molecular weight is 223 g/mol. The van der Waals surface area contributed by atoms with Crippen LogP contribution < -0.4 is 10.1 Å². The second-order valence-corrected chi connectivity index (χ2v) is 4.27. The Labute approximate surface area is 95.8 Å². The van der Waals surface area contributed by atoms with Gasteiger partial charge in [-0.1, -0.05) is 13.0 Å². The Balaban J connectivity index is 2.20. The molecule has 0 aromatic heterocycles. The molecule has 2 nitrogen and oxygen atoms in total. The lowest BCUT2D eigenvalue weighted by Gasteiger charge is -2.18. The van der Waals surface area contributed by atoms with Gasteiger partial charge in [-0.2, -0.15) is 0 Å². The van der Waals surface area contributed by atoms with Crippen molar-refractivity contribution in [3.8, 4) is 5.75 Å². The van der Waals surface area contributed by atoms with Gasteiger partial charge >= 0.3 is 0 Å². The SMILES string of the molecule is CCNC(c1ccc(OC)c(F)c1)C1CC1. The van der Waals surface area contributed by atoms with Crippen molar-refractivity contribution in [3.05, 3.63) is 29.6 Å². The average Bonchev–Trinajstić information content (AvgIpc) is 3.09. The summed E-state index contributed by atoms with van der Waals surface area (Å²) in [7, 11) is 1.49. The van der Waals surface area contributed by atoms with Crippen molar-refractivity contribution in [2.75, 3.05) is 13.7 Å². The van der Waals surface area contributed by atoms with Crippen molar-refractivity contribution in [2.45, 2.75) is 25.8 Å². The first-order valence-corrected chi connectivity index (χ1v) is 5.83. The molecule has 1 aromatic carbocycles. The number of hydrogen-bond acceptors (Lipinski definition) is 2. The summed E-state index contributed by atoms with van der Waals surface area (Å²) >= 11 is 0. The fraction of sp³-hybridized carbons (Fsp3) is 0.538. The number of benzene rings is 1. The zero-order valence-electron chi connectivity index (χ0n) is 9.79. The zero-order chi connectivity index (χ0) is 11.5. The minimum atomic E-state index is -0.274. The van der Waals surface area contributed by atoms with Crippen LogP contribution in [-0.4, -0.2) is 13.7 Å². The summed E-state index contributed by atoms with van der Waals surface area (Å²) in [4.78, 5) is 0. The lowest BCUT2D eigenvalue weighted by atomic mass is 10.0. The molecule has 0 radical (unpaired) electrons. The Hall–Kier alpha value is -1.09. The van der Waals surface area contributed by atoms with E-state index in [0.29, 0.717) is 17.7 Å². The van der Waals surface area contributed by atoms with E-state index in [9.17, 15) is 4.39 Å². The Morgan fingerprint density at radius 2 is 2.25 bits per heavy atom. The molecule has 0 heterocycles. The maximum absolute atomic E-state index is 13.6. The van der Waals surface area contributed by atoms with Crippen LogP contribution in [0.5, 0.6) is 5.75 Å². The number of hydrogen-bond donors (Lipinski definition) is 1. The molecule has 1 saturated carbocycles. The Bertz CT molecular complexity index is 363. The third-order valence-corrected chi connectivity index (χ3v) is 3.05. The van der Waals surface area contributed by atoms with Crippen molar-refractivity contribution < 1.29 is 9.13 Å². The van der Waals surface area contributed by atoms with Crippen LogP contribution in [0, 0.1) is 11.7 Å². The van der Waals surface area contributed by atoms with Crippen LogP contribution in [0.1, 0.15) is 31.4 Å². The molecule has 1 aliphatic rings. The maximum atomic E-state index is 13.6. The van der Waals surface area contributed by atoms with Crippen molar-refractivity contribution in [3.63, 3.8) is 0 Å². The van der Waals surface area contributed by atoms with E-state index in [2.05, 4.69) is 12.2 Å². The van der Waals surface area contributed by atoms with Gasteiger partial charge in [0.25, 0.3) is 0 Å². The lowest BCUT2D eigenvalue weighted by molar-refractivity contribution is 0.385. The molecule has 1 aliphatic carbocycles. The first-order chi connectivity index (χ1) is 7.76. The van der Waals surface area contributed by atoms with Gasteiger partial charge in [0.2, 0.25) is 0 Å². The van der Waals surface area contributed by atoms with E-state index in [4.69, 9.17) is 4.74 Å². The van der Waals surface area contributed by atoms with Crippen LogP contribution in [0.4, 0.5) is 4.39 Å². The zero-order valence-corrected chi connectivity index (χ0v) is 9.79. The second kappa shape index (κ2) is 4.83. The summed E-state index contributed by atoms with van der Waals surface area (Å²) in [5.74, 6) is 0.714. The van der Waals surface area contributed by atoms with Gasteiger partial charge < -0.3 is 10.1 Å². The van der Waals surface area contributed by atoms with E-state index in [-0.39, 0.29) is 5.82 Å². The standard InChI is InChI=1S/C13H18FNO/c1-3-15-13(9-4-5-9)10-6-7-12(16-2)11(14)8-10/h6-9,13,15H,3-5H2,1-2H3. The molecule has 1 unspecified atom stereocenters. The summed E-state index contributed by atoms with van der Waals surface area (Å²) in [5, 5.41) is 3.42. The van der Waals surface area contributed by atoms with E-state index in [0.717, 1.165) is 12.1 Å². The van der Waals surface area contributed by atoms with Gasteiger partial charge in [-0.3, -0.25) is 0 Å². The van der Waals surface area contributed by atoms with Crippen LogP contribution in [0.3, 0.4) is 0 Å². The molecule has 1 aromatic rings. The predicted molar refractivity (Wildman–Crippen MR) is 62.1 cm³/mol. The molecule has 0 amide bonds. The molecular weight excluding hydrogens is 205 g/mol. The maximum Gasteiger partial charge on any atom is 0.165 e. The van der Waals surface area contributed by atoms with Crippen LogP contribution >= 0.6 is 0 Å². The first kappa shape index (κ1) is 11.4. The molecule has 1 fully saturated rings. The quantitative estimate of drug-likeness (QED) is 0.828. The van der Waals surface area contributed by atoms with Gasteiger partial charge in [-0.15, -0.1) is 0 Å². The third kappa shape index (κ3) is 2.35. The van der Waals surface area contributed by atoms with Gasteiger partial charge in [0.15, 0.2) is 11.6 Å². The molecule has 0 saturated heterocycles. The number of ether oxygens (including phenoxy) is 1. The molecule has 1 atom stereocenters. The Morgan fingerprint density at radius 3 is 2.75 bits per heavy atom. The molecule has 0 bridgehead atoms. The van der Waals surface area contributed by atoms with Gasteiger partial charge in [0.05, 0.1) is 7.11 Å². The van der Waals surface area contributed by atoms with Gasteiger partial charge in [-0.25, -0.2) is 4.39 Å². The van der Waals surface area contributed by atoms with Gasteiger partial charge in [0, 0.05) is 6.04 Å². The van der Waals surface area contributed by atoms with Gasteiger partial charge in [-0.05, 0) is 43.0 Å². The molecule has 3 heteroatoms. The molecule has 1 N–H and O–H groups in total. The highest BCUT2D eigenvalue weighted by molar-refractivity contribution is 5.31. The van der Waals surface area contributed by atoms with Gasteiger partial charge in [0.1, 0.15) is 0 Å². The molecule has 16 heavy (non-hydrogen) atoms. The predicted octanol–water partition coefficient (Wildman–Crippen LogP) is 2.89. The largest absolute Gasteiger partial charge is 0.494 e. The van der Waals surface area contributed by atoms with Crippen LogP contribution in [-0.2, 0) is 0 Å². The molecular formula is C13H18FNO. The number of halogens is 1. The molecule has 2 rings (SSSR count). The van der Waals surface area contributed by atoms with E-state index >= 15 is 0 Å². The second-order valence-electron chi connectivity index (χ2n) is 4.27.